The van der Waals surface area contributed by atoms with Crippen LogP contribution in [0.2, 0.25) is 0 Å². The number of piperidine rings is 1. The van der Waals surface area contributed by atoms with Gasteiger partial charge in [-0.05, 0) is 68.0 Å². The molecule has 0 aliphatic carbocycles. The molecule has 19 heavy (non-hydrogen) atoms. The summed E-state index contributed by atoms with van der Waals surface area (Å²) in [6.45, 7) is 6.01. The molecular weight excluding hydrogens is 353 g/mol. The third kappa shape index (κ3) is 3.69. The van der Waals surface area contributed by atoms with Crippen LogP contribution in [0, 0.1) is 9.49 Å². The standard InChI is InChI=1S/C15H20INO2/c1-15(2,11-6-5-9-17-10-11)19-14(18)12-7-3-4-8-13(12)16/h3-4,7-8,11,17H,5-6,9-10H2,1-2H3. The van der Waals surface area contributed by atoms with Gasteiger partial charge in [-0.25, -0.2) is 4.79 Å². The van der Waals surface area contributed by atoms with E-state index in [4.69, 9.17) is 4.74 Å². The predicted molar refractivity (Wildman–Crippen MR) is 84.2 cm³/mol. The Balaban J connectivity index is 2.07. The van der Waals surface area contributed by atoms with Crippen LogP contribution in [0.4, 0.5) is 0 Å². The highest BCUT2D eigenvalue weighted by atomic mass is 127. The van der Waals surface area contributed by atoms with E-state index in [1.165, 1.54) is 0 Å². The third-order valence-corrected chi connectivity index (χ3v) is 4.67. The Morgan fingerprint density at radius 3 is 2.79 bits per heavy atom. The van der Waals surface area contributed by atoms with E-state index in [-0.39, 0.29) is 5.97 Å². The van der Waals surface area contributed by atoms with E-state index in [0.29, 0.717) is 11.5 Å². The second-order valence-corrected chi connectivity index (χ2v) is 6.68. The van der Waals surface area contributed by atoms with Gasteiger partial charge in [-0.1, -0.05) is 12.1 Å². The molecule has 2 rings (SSSR count). The lowest BCUT2D eigenvalue weighted by Gasteiger charge is -2.36. The molecule has 1 unspecified atom stereocenters. The fourth-order valence-corrected chi connectivity index (χ4v) is 3.06. The molecule has 1 aliphatic heterocycles. The molecule has 1 aromatic rings. The quantitative estimate of drug-likeness (QED) is 0.653. The molecule has 1 aliphatic rings. The number of esters is 1. The second-order valence-electron chi connectivity index (χ2n) is 5.52. The van der Waals surface area contributed by atoms with Gasteiger partial charge < -0.3 is 10.1 Å². The van der Waals surface area contributed by atoms with E-state index in [2.05, 4.69) is 27.9 Å². The van der Waals surface area contributed by atoms with Crippen molar-refractivity contribution < 1.29 is 9.53 Å². The number of ether oxygens (including phenoxy) is 1. The van der Waals surface area contributed by atoms with Gasteiger partial charge >= 0.3 is 5.97 Å². The summed E-state index contributed by atoms with van der Waals surface area (Å²) in [5.41, 5.74) is 0.226. The Hall–Kier alpha value is -0.620. The van der Waals surface area contributed by atoms with Gasteiger partial charge in [0.2, 0.25) is 0 Å². The Morgan fingerprint density at radius 2 is 2.16 bits per heavy atom. The molecule has 0 radical (unpaired) electrons. The monoisotopic (exact) mass is 373 g/mol. The molecule has 0 bridgehead atoms. The molecule has 1 N–H and O–H groups in total. The van der Waals surface area contributed by atoms with E-state index >= 15 is 0 Å². The maximum absolute atomic E-state index is 12.3. The van der Waals surface area contributed by atoms with Crippen LogP contribution in [0.25, 0.3) is 0 Å². The first-order chi connectivity index (χ1) is 9.00. The van der Waals surface area contributed by atoms with Crippen molar-refractivity contribution in [3.8, 4) is 0 Å². The lowest BCUT2D eigenvalue weighted by molar-refractivity contribution is -0.0351. The van der Waals surface area contributed by atoms with Gasteiger partial charge in [0.1, 0.15) is 5.60 Å². The minimum atomic E-state index is -0.427. The first-order valence-corrected chi connectivity index (χ1v) is 7.77. The first-order valence-electron chi connectivity index (χ1n) is 6.69. The van der Waals surface area contributed by atoms with Gasteiger partial charge in [-0.3, -0.25) is 0 Å². The van der Waals surface area contributed by atoms with Crippen LogP contribution in [-0.2, 0) is 4.74 Å². The maximum atomic E-state index is 12.3. The van der Waals surface area contributed by atoms with Crippen molar-refractivity contribution in [3.05, 3.63) is 33.4 Å². The summed E-state index contributed by atoms with van der Waals surface area (Å²) in [4.78, 5) is 12.3. The van der Waals surface area contributed by atoms with Crippen LogP contribution < -0.4 is 5.32 Å². The molecule has 0 amide bonds. The SMILES string of the molecule is CC(C)(OC(=O)c1ccccc1I)C1CCCNC1. The molecule has 0 aromatic heterocycles. The van der Waals surface area contributed by atoms with Crippen LogP contribution in [0.5, 0.6) is 0 Å². The summed E-state index contributed by atoms with van der Waals surface area (Å²) in [7, 11) is 0. The zero-order valence-corrected chi connectivity index (χ0v) is 13.6. The minimum Gasteiger partial charge on any atom is -0.456 e. The number of halogens is 1. The van der Waals surface area contributed by atoms with Crippen molar-refractivity contribution in [2.75, 3.05) is 13.1 Å². The molecule has 1 atom stereocenters. The number of rotatable bonds is 3. The van der Waals surface area contributed by atoms with Crippen molar-refractivity contribution in [1.29, 1.82) is 0 Å². The summed E-state index contributed by atoms with van der Waals surface area (Å²) >= 11 is 2.17. The smallest absolute Gasteiger partial charge is 0.339 e. The molecule has 0 spiro atoms. The highest BCUT2D eigenvalue weighted by Gasteiger charge is 2.34. The second kappa shape index (κ2) is 6.22. The lowest BCUT2D eigenvalue weighted by atomic mass is 9.84. The largest absolute Gasteiger partial charge is 0.456 e. The van der Waals surface area contributed by atoms with Crippen molar-refractivity contribution >= 4 is 28.6 Å². The van der Waals surface area contributed by atoms with Crippen LogP contribution in [0.15, 0.2) is 24.3 Å². The van der Waals surface area contributed by atoms with E-state index in [0.717, 1.165) is 29.5 Å². The molecule has 1 heterocycles. The van der Waals surface area contributed by atoms with Gasteiger partial charge in [-0.15, -0.1) is 0 Å². The number of carbonyl (C=O) groups is 1. The molecular formula is C15H20INO2. The fourth-order valence-electron chi connectivity index (χ4n) is 2.45. The van der Waals surface area contributed by atoms with Crippen LogP contribution >= 0.6 is 22.6 Å². The molecule has 1 fully saturated rings. The summed E-state index contributed by atoms with van der Waals surface area (Å²) in [6.07, 6.45) is 2.26. The van der Waals surface area contributed by atoms with E-state index < -0.39 is 5.60 Å². The maximum Gasteiger partial charge on any atom is 0.339 e. The van der Waals surface area contributed by atoms with Crippen molar-refractivity contribution in [3.63, 3.8) is 0 Å². The van der Waals surface area contributed by atoms with E-state index in [1.807, 2.05) is 38.1 Å². The third-order valence-electron chi connectivity index (χ3n) is 3.73. The summed E-state index contributed by atoms with van der Waals surface area (Å²) in [5, 5.41) is 3.37. The fraction of sp³-hybridized carbons (Fsp3) is 0.533. The normalized spacial score (nSPS) is 20.1. The molecule has 0 saturated carbocycles. The van der Waals surface area contributed by atoms with Gasteiger partial charge in [0.25, 0.3) is 0 Å². The highest BCUT2D eigenvalue weighted by molar-refractivity contribution is 14.1. The Kier molecular flexibility index (Phi) is 4.84. The number of benzene rings is 1. The number of carbonyl (C=O) groups excluding carboxylic acids is 1. The van der Waals surface area contributed by atoms with E-state index in [1.54, 1.807) is 0 Å². The minimum absolute atomic E-state index is 0.222. The van der Waals surface area contributed by atoms with Gasteiger partial charge in [0, 0.05) is 16.0 Å². The molecule has 1 aromatic carbocycles. The molecule has 4 heteroatoms. The number of hydrogen-bond acceptors (Lipinski definition) is 3. The average molecular weight is 373 g/mol. The van der Waals surface area contributed by atoms with Gasteiger partial charge in [0.15, 0.2) is 0 Å². The van der Waals surface area contributed by atoms with Crippen LogP contribution in [0.1, 0.15) is 37.0 Å². The Bertz CT molecular complexity index is 453. The van der Waals surface area contributed by atoms with Gasteiger partial charge in [-0.2, -0.15) is 0 Å². The van der Waals surface area contributed by atoms with Crippen LogP contribution in [0.3, 0.4) is 0 Å². The zero-order valence-electron chi connectivity index (χ0n) is 11.4. The summed E-state index contributed by atoms with van der Waals surface area (Å²) in [6, 6.07) is 7.54. The highest BCUT2D eigenvalue weighted by Crippen LogP contribution is 2.28. The average Bonchev–Trinajstić information content (AvgIpc) is 2.39. The number of nitrogens with one attached hydrogen (secondary N) is 1. The Labute approximate surface area is 128 Å². The van der Waals surface area contributed by atoms with Gasteiger partial charge in [0.05, 0.1) is 5.56 Å². The lowest BCUT2D eigenvalue weighted by Crippen LogP contribution is -2.45. The topological polar surface area (TPSA) is 38.3 Å². The summed E-state index contributed by atoms with van der Waals surface area (Å²) < 4.78 is 6.69. The zero-order chi connectivity index (χ0) is 13.9. The van der Waals surface area contributed by atoms with Crippen molar-refractivity contribution in [1.82, 2.24) is 5.32 Å². The summed E-state index contributed by atoms with van der Waals surface area (Å²) in [5.74, 6) is 0.159. The first kappa shape index (κ1) is 14.8. The number of hydrogen-bond donors (Lipinski definition) is 1. The molecule has 1 saturated heterocycles. The van der Waals surface area contributed by atoms with Crippen LogP contribution in [-0.4, -0.2) is 24.7 Å². The predicted octanol–water partition coefficient (Wildman–Crippen LogP) is 3.23. The van der Waals surface area contributed by atoms with E-state index in [9.17, 15) is 4.79 Å². The molecule has 104 valence electrons. The van der Waals surface area contributed by atoms with Crippen molar-refractivity contribution in [2.24, 2.45) is 5.92 Å². The van der Waals surface area contributed by atoms with Crippen molar-refractivity contribution in [2.45, 2.75) is 32.3 Å². The Morgan fingerprint density at radius 1 is 1.42 bits per heavy atom. The molecule has 3 nitrogen and oxygen atoms in total.